The molecule has 0 radical (unpaired) electrons. The summed E-state index contributed by atoms with van der Waals surface area (Å²) in [5.41, 5.74) is 5.66. The Bertz CT molecular complexity index is 1500. The third-order valence-corrected chi connectivity index (χ3v) is 5.67. The number of H-pyrrole nitrogens is 2. The number of carbonyl (C=O) groups is 2. The summed E-state index contributed by atoms with van der Waals surface area (Å²) in [4.78, 5) is 32.5. The van der Waals surface area contributed by atoms with Crippen LogP contribution in [0.15, 0.2) is 42.5 Å². The third kappa shape index (κ3) is 2.15. The first-order valence-corrected chi connectivity index (χ1v) is 9.19. The van der Waals surface area contributed by atoms with E-state index in [2.05, 4.69) is 26.7 Å². The fourth-order valence-corrected chi connectivity index (χ4v) is 4.58. The van der Waals surface area contributed by atoms with Crippen molar-refractivity contribution in [3.05, 3.63) is 59.2 Å². The fraction of sp³-hybridized carbons (Fsp3) is 0.0909. The standard InChI is InChI=1S/C22H16N4O2.ClH/c1-23-9-10-5-4-7-12-15-17-16(21(27)26-22(17)28)14-11-6-2-3-8-13(11)24-19(14)20(15)25-18(10)12;/h2-8,23-25H,9H2,1H3,(H,26,27,28);1H. The maximum atomic E-state index is 12.8. The van der Waals surface area contributed by atoms with Gasteiger partial charge in [0.1, 0.15) is 0 Å². The zero-order valence-electron chi connectivity index (χ0n) is 15.5. The van der Waals surface area contributed by atoms with Gasteiger partial charge < -0.3 is 15.3 Å². The highest BCUT2D eigenvalue weighted by Crippen LogP contribution is 2.42. The Kier molecular flexibility index (Phi) is 3.71. The second kappa shape index (κ2) is 6.07. The number of aromatic nitrogens is 2. The number of hydrogen-bond donors (Lipinski definition) is 4. The van der Waals surface area contributed by atoms with Gasteiger partial charge in [-0.05, 0) is 18.7 Å². The summed E-state index contributed by atoms with van der Waals surface area (Å²) in [5, 5.41) is 9.16. The summed E-state index contributed by atoms with van der Waals surface area (Å²) in [6.45, 7) is 0.702. The zero-order chi connectivity index (χ0) is 19.0. The lowest BCUT2D eigenvalue weighted by molar-refractivity contribution is 0.0880. The summed E-state index contributed by atoms with van der Waals surface area (Å²) in [6, 6.07) is 13.9. The van der Waals surface area contributed by atoms with Crippen LogP contribution < -0.4 is 10.6 Å². The van der Waals surface area contributed by atoms with E-state index in [1.54, 1.807) is 0 Å². The second-order valence-electron chi connectivity index (χ2n) is 7.20. The van der Waals surface area contributed by atoms with Gasteiger partial charge in [0.15, 0.2) is 0 Å². The van der Waals surface area contributed by atoms with Crippen molar-refractivity contribution in [2.45, 2.75) is 6.54 Å². The smallest absolute Gasteiger partial charge is 0.259 e. The van der Waals surface area contributed by atoms with Crippen LogP contribution >= 0.6 is 12.4 Å². The van der Waals surface area contributed by atoms with E-state index in [0.29, 0.717) is 17.7 Å². The number of nitrogens with one attached hydrogen (secondary N) is 4. The van der Waals surface area contributed by atoms with Crippen LogP contribution in [0.2, 0.25) is 0 Å². The largest absolute Gasteiger partial charge is 0.353 e. The Morgan fingerprint density at radius 1 is 0.793 bits per heavy atom. The van der Waals surface area contributed by atoms with Gasteiger partial charge >= 0.3 is 0 Å². The van der Waals surface area contributed by atoms with Gasteiger partial charge in [0.2, 0.25) is 0 Å². The number of amides is 2. The summed E-state index contributed by atoms with van der Waals surface area (Å²) in [6.07, 6.45) is 0. The molecule has 1 aliphatic heterocycles. The van der Waals surface area contributed by atoms with Gasteiger partial charge in [0.25, 0.3) is 11.8 Å². The molecule has 2 aromatic heterocycles. The lowest BCUT2D eigenvalue weighted by atomic mass is 9.96. The molecular weight excluding hydrogens is 388 g/mol. The molecule has 4 N–H and O–H groups in total. The van der Waals surface area contributed by atoms with E-state index in [4.69, 9.17) is 0 Å². The van der Waals surface area contributed by atoms with Crippen LogP contribution in [0.3, 0.4) is 0 Å². The molecule has 6 nitrogen and oxygen atoms in total. The highest BCUT2D eigenvalue weighted by atomic mass is 35.5. The monoisotopic (exact) mass is 404 g/mol. The molecule has 0 saturated heterocycles. The van der Waals surface area contributed by atoms with Crippen molar-refractivity contribution in [2.24, 2.45) is 0 Å². The molecule has 5 aromatic rings. The average molecular weight is 405 g/mol. The van der Waals surface area contributed by atoms with Gasteiger partial charge in [0, 0.05) is 33.6 Å². The van der Waals surface area contributed by atoms with Gasteiger partial charge in [-0.2, -0.15) is 0 Å². The van der Waals surface area contributed by atoms with E-state index in [0.717, 1.165) is 49.2 Å². The molecule has 3 aromatic carbocycles. The quantitative estimate of drug-likeness (QED) is 0.335. The Balaban J connectivity index is 0.00000181. The van der Waals surface area contributed by atoms with Crippen molar-refractivity contribution in [1.29, 1.82) is 0 Å². The van der Waals surface area contributed by atoms with Crippen molar-refractivity contribution >= 4 is 67.8 Å². The molecule has 2 amide bonds. The van der Waals surface area contributed by atoms with Crippen LogP contribution in [0.5, 0.6) is 0 Å². The maximum Gasteiger partial charge on any atom is 0.259 e. The van der Waals surface area contributed by atoms with E-state index in [-0.39, 0.29) is 24.2 Å². The van der Waals surface area contributed by atoms with Gasteiger partial charge in [-0.1, -0.05) is 36.4 Å². The Labute approximate surface area is 171 Å². The number of benzene rings is 3. The number of imide groups is 1. The molecule has 0 unspecified atom stereocenters. The molecule has 1 aliphatic rings. The predicted octanol–water partition coefficient (Wildman–Crippen LogP) is 3.98. The molecule has 0 atom stereocenters. The Morgan fingerprint density at radius 2 is 1.45 bits per heavy atom. The minimum Gasteiger partial charge on any atom is -0.353 e. The highest BCUT2D eigenvalue weighted by molar-refractivity contribution is 6.39. The molecule has 0 fully saturated rings. The Hall–Kier alpha value is -3.35. The van der Waals surface area contributed by atoms with E-state index >= 15 is 0 Å². The van der Waals surface area contributed by atoms with Gasteiger partial charge in [-0.3, -0.25) is 14.9 Å². The Morgan fingerprint density at radius 3 is 2.21 bits per heavy atom. The molecule has 0 saturated carbocycles. The highest BCUT2D eigenvalue weighted by Gasteiger charge is 2.34. The molecule has 3 heterocycles. The van der Waals surface area contributed by atoms with Gasteiger partial charge in [0.05, 0.1) is 27.7 Å². The average Bonchev–Trinajstić information content (AvgIpc) is 3.34. The van der Waals surface area contributed by atoms with E-state index in [1.807, 2.05) is 43.4 Å². The number of para-hydroxylation sites is 2. The molecule has 0 spiro atoms. The molecule has 29 heavy (non-hydrogen) atoms. The molecule has 0 aliphatic carbocycles. The molecule has 7 heteroatoms. The normalized spacial score (nSPS) is 13.4. The topological polar surface area (TPSA) is 89.8 Å². The van der Waals surface area contributed by atoms with Crippen molar-refractivity contribution in [3.63, 3.8) is 0 Å². The van der Waals surface area contributed by atoms with Gasteiger partial charge in [-0.25, -0.2) is 0 Å². The SMILES string of the molecule is CNCc1cccc2c1[nH]c1c3[nH]c4ccccc4c3c3c(c21)C(=O)NC3=O.Cl. The number of hydrogen-bond acceptors (Lipinski definition) is 3. The van der Waals surface area contributed by atoms with Crippen molar-refractivity contribution in [2.75, 3.05) is 7.05 Å². The summed E-state index contributed by atoms with van der Waals surface area (Å²) in [7, 11) is 1.90. The lowest BCUT2D eigenvalue weighted by Gasteiger charge is -2.03. The third-order valence-electron chi connectivity index (χ3n) is 5.67. The number of rotatable bonds is 2. The minimum absolute atomic E-state index is 0. The van der Waals surface area contributed by atoms with Crippen LogP contribution in [0, 0.1) is 0 Å². The zero-order valence-corrected chi connectivity index (χ0v) is 16.3. The molecule has 6 rings (SSSR count). The minimum atomic E-state index is -0.336. The maximum absolute atomic E-state index is 12.8. The van der Waals surface area contributed by atoms with Crippen molar-refractivity contribution in [3.8, 4) is 0 Å². The first kappa shape index (κ1) is 17.7. The number of carbonyl (C=O) groups excluding carboxylic acids is 2. The predicted molar refractivity (Wildman–Crippen MR) is 117 cm³/mol. The fourth-order valence-electron chi connectivity index (χ4n) is 4.58. The molecular formula is C22H17ClN4O2. The van der Waals surface area contributed by atoms with Gasteiger partial charge in [-0.15, -0.1) is 12.4 Å². The van der Waals surface area contributed by atoms with Crippen LogP contribution in [0.25, 0.3) is 43.6 Å². The van der Waals surface area contributed by atoms with E-state index < -0.39 is 0 Å². The van der Waals surface area contributed by atoms with Crippen molar-refractivity contribution in [1.82, 2.24) is 20.6 Å². The van der Waals surface area contributed by atoms with Crippen LogP contribution in [0.1, 0.15) is 26.3 Å². The summed E-state index contributed by atoms with van der Waals surface area (Å²) in [5.74, 6) is -0.672. The molecule has 144 valence electrons. The number of halogens is 1. The summed E-state index contributed by atoms with van der Waals surface area (Å²) >= 11 is 0. The van der Waals surface area contributed by atoms with E-state index in [1.165, 1.54) is 0 Å². The van der Waals surface area contributed by atoms with Crippen molar-refractivity contribution < 1.29 is 9.59 Å². The lowest BCUT2D eigenvalue weighted by Crippen LogP contribution is -2.20. The molecule has 0 bridgehead atoms. The van der Waals surface area contributed by atoms with Crippen LogP contribution in [-0.4, -0.2) is 28.8 Å². The first-order valence-electron chi connectivity index (χ1n) is 9.19. The number of aromatic amines is 2. The van der Waals surface area contributed by atoms with Crippen LogP contribution in [0.4, 0.5) is 0 Å². The first-order chi connectivity index (χ1) is 13.7. The summed E-state index contributed by atoms with van der Waals surface area (Å²) < 4.78 is 0. The van der Waals surface area contributed by atoms with Crippen LogP contribution in [-0.2, 0) is 6.54 Å². The second-order valence-corrected chi connectivity index (χ2v) is 7.20. The number of fused-ring (bicyclic) bond motifs is 10. The van der Waals surface area contributed by atoms with E-state index in [9.17, 15) is 9.59 Å².